The number of phenols is 2. The van der Waals surface area contributed by atoms with Crippen LogP contribution in [0.4, 0.5) is 0 Å². The molecule has 0 aliphatic rings. The van der Waals surface area contributed by atoms with Gasteiger partial charge in [0.05, 0.1) is 0 Å². The lowest BCUT2D eigenvalue weighted by atomic mass is 10.1. The summed E-state index contributed by atoms with van der Waals surface area (Å²) in [6.45, 7) is 0. The molecule has 0 saturated carbocycles. The SMILES string of the molecule is O=C(O)CCCCCCCCC(=O)O.Oc1ccccc1.Oc1ccccc1. The van der Waals surface area contributed by atoms with Crippen molar-refractivity contribution >= 4 is 11.9 Å². The molecule has 0 aliphatic heterocycles. The van der Waals surface area contributed by atoms with E-state index in [1.165, 1.54) is 0 Å². The summed E-state index contributed by atoms with van der Waals surface area (Å²) in [7, 11) is 0. The largest absolute Gasteiger partial charge is 0.508 e. The van der Waals surface area contributed by atoms with Crippen LogP contribution < -0.4 is 0 Å². The van der Waals surface area contributed by atoms with Crippen LogP contribution in [0.1, 0.15) is 51.4 Å². The highest BCUT2D eigenvalue weighted by Crippen LogP contribution is 2.08. The van der Waals surface area contributed by atoms with E-state index in [9.17, 15) is 9.59 Å². The predicted molar refractivity (Wildman–Crippen MR) is 108 cm³/mol. The van der Waals surface area contributed by atoms with E-state index in [2.05, 4.69) is 0 Å². The van der Waals surface area contributed by atoms with Crippen molar-refractivity contribution < 1.29 is 30.0 Å². The van der Waals surface area contributed by atoms with Gasteiger partial charge < -0.3 is 20.4 Å². The van der Waals surface area contributed by atoms with Gasteiger partial charge in [0.1, 0.15) is 11.5 Å². The molecule has 6 nitrogen and oxygen atoms in total. The Labute approximate surface area is 166 Å². The van der Waals surface area contributed by atoms with Gasteiger partial charge in [0, 0.05) is 12.8 Å². The van der Waals surface area contributed by atoms with Crippen molar-refractivity contribution in [2.24, 2.45) is 0 Å². The van der Waals surface area contributed by atoms with E-state index in [1.807, 2.05) is 12.1 Å². The molecule has 2 rings (SSSR count). The summed E-state index contributed by atoms with van der Waals surface area (Å²) in [6, 6.07) is 17.4. The summed E-state index contributed by atoms with van der Waals surface area (Å²) in [4.78, 5) is 20.3. The molecule has 0 atom stereocenters. The lowest BCUT2D eigenvalue weighted by Gasteiger charge is -1.98. The second kappa shape index (κ2) is 17.4. The first-order valence-corrected chi connectivity index (χ1v) is 9.33. The third-order valence-corrected chi connectivity index (χ3v) is 3.54. The second-order valence-corrected chi connectivity index (χ2v) is 6.08. The average Bonchev–Trinajstić information content (AvgIpc) is 2.66. The minimum absolute atomic E-state index is 0.245. The monoisotopic (exact) mass is 390 g/mol. The normalized spacial score (nSPS) is 9.29. The quantitative estimate of drug-likeness (QED) is 0.445. The average molecular weight is 390 g/mol. The van der Waals surface area contributed by atoms with Crippen LogP contribution in [0.5, 0.6) is 11.5 Å². The van der Waals surface area contributed by atoms with Crippen LogP contribution in [-0.2, 0) is 9.59 Å². The highest BCUT2D eigenvalue weighted by molar-refractivity contribution is 5.66. The topological polar surface area (TPSA) is 115 Å². The summed E-state index contributed by atoms with van der Waals surface area (Å²) in [5.41, 5.74) is 0. The number of hydrogen-bond donors (Lipinski definition) is 4. The summed E-state index contributed by atoms with van der Waals surface area (Å²) in [5, 5.41) is 34.0. The molecule has 2 aromatic rings. The molecule has 0 bridgehead atoms. The Bertz CT molecular complexity index is 570. The number of carbonyl (C=O) groups is 2. The molecular weight excluding hydrogens is 360 g/mol. The maximum atomic E-state index is 10.1. The van der Waals surface area contributed by atoms with Gasteiger partial charge in [-0.2, -0.15) is 0 Å². The van der Waals surface area contributed by atoms with E-state index >= 15 is 0 Å². The maximum absolute atomic E-state index is 10.1. The van der Waals surface area contributed by atoms with Gasteiger partial charge in [-0.1, -0.05) is 62.1 Å². The number of aliphatic carboxylic acids is 2. The Morgan fingerprint density at radius 1 is 0.536 bits per heavy atom. The lowest BCUT2D eigenvalue weighted by molar-refractivity contribution is -0.138. The molecule has 0 aliphatic carbocycles. The summed E-state index contributed by atoms with van der Waals surface area (Å²) in [6.07, 6.45) is 5.82. The summed E-state index contributed by atoms with van der Waals surface area (Å²) < 4.78 is 0. The van der Waals surface area contributed by atoms with Crippen molar-refractivity contribution in [3.63, 3.8) is 0 Å². The molecule has 28 heavy (non-hydrogen) atoms. The van der Waals surface area contributed by atoms with Crippen molar-refractivity contribution in [3.05, 3.63) is 60.7 Å². The third kappa shape index (κ3) is 19.3. The van der Waals surface area contributed by atoms with E-state index in [1.54, 1.807) is 48.5 Å². The van der Waals surface area contributed by atoms with Gasteiger partial charge in [-0.05, 0) is 37.1 Å². The van der Waals surface area contributed by atoms with Gasteiger partial charge in [0.25, 0.3) is 0 Å². The molecule has 0 aromatic heterocycles. The molecule has 0 radical (unpaired) electrons. The number of para-hydroxylation sites is 2. The van der Waals surface area contributed by atoms with E-state index in [4.69, 9.17) is 20.4 Å². The van der Waals surface area contributed by atoms with Crippen LogP contribution >= 0.6 is 0 Å². The minimum Gasteiger partial charge on any atom is -0.508 e. The number of carboxylic acids is 2. The van der Waals surface area contributed by atoms with Gasteiger partial charge in [0.2, 0.25) is 0 Å². The van der Waals surface area contributed by atoms with Gasteiger partial charge in [-0.25, -0.2) is 0 Å². The Hall–Kier alpha value is -3.02. The molecule has 2 aromatic carbocycles. The van der Waals surface area contributed by atoms with Crippen molar-refractivity contribution in [2.75, 3.05) is 0 Å². The van der Waals surface area contributed by atoms with Crippen molar-refractivity contribution in [1.29, 1.82) is 0 Å². The number of benzene rings is 2. The number of phenolic OH excluding ortho intramolecular Hbond substituents is 2. The van der Waals surface area contributed by atoms with Gasteiger partial charge >= 0.3 is 11.9 Å². The molecule has 0 heterocycles. The molecule has 154 valence electrons. The zero-order chi connectivity index (χ0) is 21.0. The van der Waals surface area contributed by atoms with Gasteiger partial charge in [-0.3, -0.25) is 9.59 Å². The molecule has 0 fully saturated rings. The Morgan fingerprint density at radius 3 is 1.04 bits per heavy atom. The van der Waals surface area contributed by atoms with E-state index in [-0.39, 0.29) is 12.8 Å². The van der Waals surface area contributed by atoms with Crippen molar-refractivity contribution in [2.45, 2.75) is 51.4 Å². The molecule has 4 N–H and O–H groups in total. The number of carboxylic acid groups (broad SMARTS) is 2. The van der Waals surface area contributed by atoms with Gasteiger partial charge in [0.15, 0.2) is 0 Å². The van der Waals surface area contributed by atoms with Gasteiger partial charge in [-0.15, -0.1) is 0 Å². The predicted octanol–water partition coefficient (Wildman–Crippen LogP) is 5.06. The van der Waals surface area contributed by atoms with E-state index in [0.29, 0.717) is 11.5 Å². The first kappa shape index (κ1) is 25.0. The zero-order valence-electron chi connectivity index (χ0n) is 16.0. The fourth-order valence-corrected chi connectivity index (χ4v) is 2.12. The van der Waals surface area contributed by atoms with Crippen LogP contribution in [0.15, 0.2) is 60.7 Å². The Morgan fingerprint density at radius 2 is 0.821 bits per heavy atom. The minimum atomic E-state index is -0.740. The highest BCUT2D eigenvalue weighted by Gasteiger charge is 1.98. The van der Waals surface area contributed by atoms with Crippen LogP contribution in [0.25, 0.3) is 0 Å². The molecule has 0 saturated heterocycles. The van der Waals surface area contributed by atoms with Crippen molar-refractivity contribution in [1.82, 2.24) is 0 Å². The fourth-order valence-electron chi connectivity index (χ4n) is 2.12. The van der Waals surface area contributed by atoms with Crippen LogP contribution in [0, 0.1) is 0 Å². The lowest BCUT2D eigenvalue weighted by Crippen LogP contribution is -1.94. The van der Waals surface area contributed by atoms with E-state index < -0.39 is 11.9 Å². The molecule has 6 heteroatoms. The van der Waals surface area contributed by atoms with E-state index in [0.717, 1.165) is 38.5 Å². The third-order valence-electron chi connectivity index (χ3n) is 3.54. The van der Waals surface area contributed by atoms with Crippen LogP contribution in [0.2, 0.25) is 0 Å². The molecule has 0 unspecified atom stereocenters. The van der Waals surface area contributed by atoms with Crippen LogP contribution in [-0.4, -0.2) is 32.4 Å². The number of unbranched alkanes of at least 4 members (excludes halogenated alkanes) is 5. The molecular formula is C22H30O6. The molecule has 0 amide bonds. The van der Waals surface area contributed by atoms with Crippen molar-refractivity contribution in [3.8, 4) is 11.5 Å². The number of hydrogen-bond acceptors (Lipinski definition) is 4. The first-order valence-electron chi connectivity index (χ1n) is 9.33. The number of aromatic hydroxyl groups is 2. The fraction of sp³-hybridized carbons (Fsp3) is 0.364. The standard InChI is InChI=1S/C10H18O4.2C6H6O/c11-9(12)7-5-3-1-2-4-6-8-10(13)14;2*7-6-4-2-1-3-5-6/h1-8H2,(H,11,12)(H,13,14);2*1-5,7H. The first-order chi connectivity index (χ1) is 13.4. The Balaban J connectivity index is 0.000000431. The summed E-state index contributed by atoms with van der Waals surface area (Å²) in [5.74, 6) is -0.836. The Kier molecular flexibility index (Phi) is 15.5. The van der Waals surface area contributed by atoms with Crippen LogP contribution in [0.3, 0.4) is 0 Å². The number of rotatable bonds is 9. The maximum Gasteiger partial charge on any atom is 0.303 e. The second-order valence-electron chi connectivity index (χ2n) is 6.08. The zero-order valence-corrected chi connectivity index (χ0v) is 16.0. The summed E-state index contributed by atoms with van der Waals surface area (Å²) >= 11 is 0. The highest BCUT2D eigenvalue weighted by atomic mass is 16.4. The molecule has 0 spiro atoms. The smallest absolute Gasteiger partial charge is 0.303 e.